The van der Waals surface area contributed by atoms with E-state index in [2.05, 4.69) is 31.7 Å². The topological polar surface area (TPSA) is 32.5 Å². The molecule has 1 aromatic carbocycles. The van der Waals surface area contributed by atoms with Gasteiger partial charge < -0.3 is 4.90 Å². The second-order valence-corrected chi connectivity index (χ2v) is 5.59. The second-order valence-electron chi connectivity index (χ2n) is 5.59. The standard InChI is InChI=1S/C17H25N2O2/c1-5-8-16(18-9-6-7-10-18)17-13(2)11-15(12-14(17)3)19(20)21-4/h8,11-12H,5-7,9-10H2,1-4H3/q+1/b16-8+. The van der Waals surface area contributed by atoms with Crippen molar-refractivity contribution in [1.29, 1.82) is 0 Å². The van der Waals surface area contributed by atoms with Crippen LogP contribution in [0.1, 0.15) is 42.9 Å². The van der Waals surface area contributed by atoms with Crippen LogP contribution in [0.4, 0.5) is 5.69 Å². The highest BCUT2D eigenvalue weighted by molar-refractivity contribution is 5.71. The van der Waals surface area contributed by atoms with Gasteiger partial charge in [-0.15, -0.1) is 0 Å². The Kier molecular flexibility index (Phi) is 4.99. The van der Waals surface area contributed by atoms with E-state index in [9.17, 15) is 4.91 Å². The fourth-order valence-corrected chi connectivity index (χ4v) is 3.10. The summed E-state index contributed by atoms with van der Waals surface area (Å²) in [5.41, 5.74) is 5.36. The molecule has 114 valence electrons. The maximum absolute atomic E-state index is 11.7. The molecular weight excluding hydrogens is 264 g/mol. The van der Waals surface area contributed by atoms with Crippen LogP contribution in [0.5, 0.6) is 0 Å². The molecule has 0 spiro atoms. The Bertz CT molecular complexity index is 535. The SMILES string of the molecule is CC/C=C(\c1c(C)cc([N+](=O)OC)cc1C)N1CCCC1. The zero-order valence-corrected chi connectivity index (χ0v) is 13.5. The van der Waals surface area contributed by atoms with E-state index in [0.29, 0.717) is 10.6 Å². The maximum Gasteiger partial charge on any atom is 0.317 e. The molecular formula is C17H25N2O2+. The number of aryl methyl sites for hydroxylation is 2. The molecule has 0 atom stereocenters. The minimum Gasteiger partial charge on any atom is -0.371 e. The number of hydrogen-bond donors (Lipinski definition) is 0. The van der Waals surface area contributed by atoms with Crippen LogP contribution in [0.2, 0.25) is 0 Å². The Balaban J connectivity index is 2.46. The van der Waals surface area contributed by atoms with Crippen molar-refractivity contribution in [2.75, 3.05) is 20.2 Å². The second kappa shape index (κ2) is 6.74. The van der Waals surface area contributed by atoms with Gasteiger partial charge in [0.15, 0.2) is 7.11 Å². The van der Waals surface area contributed by atoms with E-state index in [0.717, 1.165) is 30.6 Å². The van der Waals surface area contributed by atoms with E-state index in [-0.39, 0.29) is 0 Å². The highest BCUT2D eigenvalue weighted by Gasteiger charge is 2.23. The van der Waals surface area contributed by atoms with E-state index < -0.39 is 0 Å². The molecule has 0 aliphatic carbocycles. The van der Waals surface area contributed by atoms with Gasteiger partial charge in [-0.1, -0.05) is 13.0 Å². The third-order valence-corrected chi connectivity index (χ3v) is 3.99. The first-order chi connectivity index (χ1) is 10.1. The summed E-state index contributed by atoms with van der Waals surface area (Å²) in [6, 6.07) is 3.80. The normalized spacial score (nSPS) is 15.4. The predicted octanol–water partition coefficient (Wildman–Crippen LogP) is 4.12. The lowest BCUT2D eigenvalue weighted by Crippen LogP contribution is -2.19. The van der Waals surface area contributed by atoms with E-state index in [1.165, 1.54) is 31.2 Å². The average Bonchev–Trinajstić information content (AvgIpc) is 2.98. The molecule has 0 unspecified atom stereocenters. The van der Waals surface area contributed by atoms with E-state index in [1.807, 2.05) is 12.1 Å². The summed E-state index contributed by atoms with van der Waals surface area (Å²) in [6.07, 6.45) is 5.83. The van der Waals surface area contributed by atoms with Crippen molar-refractivity contribution in [2.45, 2.75) is 40.0 Å². The highest BCUT2D eigenvalue weighted by Crippen LogP contribution is 2.32. The Morgan fingerprint density at radius 2 is 1.86 bits per heavy atom. The van der Waals surface area contributed by atoms with Gasteiger partial charge in [0, 0.05) is 36.5 Å². The van der Waals surface area contributed by atoms with Gasteiger partial charge >= 0.3 is 5.69 Å². The number of rotatable bonds is 5. The van der Waals surface area contributed by atoms with E-state index in [4.69, 9.17) is 4.84 Å². The fraction of sp³-hybridized carbons (Fsp3) is 0.529. The molecule has 0 saturated carbocycles. The number of nitrogens with zero attached hydrogens (tertiary/aromatic N) is 2. The van der Waals surface area contributed by atoms with Crippen LogP contribution in [0.15, 0.2) is 18.2 Å². The van der Waals surface area contributed by atoms with Crippen LogP contribution in [0, 0.1) is 18.8 Å². The molecule has 1 saturated heterocycles. The van der Waals surface area contributed by atoms with Gasteiger partial charge in [0.1, 0.15) is 0 Å². The fourth-order valence-electron chi connectivity index (χ4n) is 3.10. The molecule has 0 bridgehead atoms. The van der Waals surface area contributed by atoms with Gasteiger partial charge in [0.05, 0.1) is 4.91 Å². The number of benzene rings is 1. The van der Waals surface area contributed by atoms with Gasteiger partial charge in [0.25, 0.3) is 4.92 Å². The summed E-state index contributed by atoms with van der Waals surface area (Å²) in [5, 5.41) is 0. The molecule has 2 rings (SSSR count). The van der Waals surface area contributed by atoms with E-state index in [1.54, 1.807) is 0 Å². The van der Waals surface area contributed by atoms with Crippen molar-refractivity contribution in [3.63, 3.8) is 0 Å². The molecule has 1 fully saturated rings. The molecule has 1 aliphatic rings. The lowest BCUT2D eigenvalue weighted by molar-refractivity contribution is -0.736. The van der Waals surface area contributed by atoms with Crippen molar-refractivity contribution in [1.82, 2.24) is 4.90 Å². The third kappa shape index (κ3) is 3.26. The van der Waals surface area contributed by atoms with Crippen LogP contribution >= 0.6 is 0 Å². The first-order valence-electron chi connectivity index (χ1n) is 7.66. The van der Waals surface area contributed by atoms with Crippen LogP contribution in [0.25, 0.3) is 5.70 Å². The molecule has 4 heteroatoms. The molecule has 21 heavy (non-hydrogen) atoms. The molecule has 4 nitrogen and oxygen atoms in total. The lowest BCUT2D eigenvalue weighted by Gasteiger charge is -2.24. The molecule has 0 radical (unpaired) electrons. The zero-order chi connectivity index (χ0) is 15.4. The first kappa shape index (κ1) is 15.5. The lowest BCUT2D eigenvalue weighted by atomic mass is 9.97. The monoisotopic (exact) mass is 289 g/mol. The zero-order valence-electron chi connectivity index (χ0n) is 13.5. The Labute approximate surface area is 126 Å². The molecule has 0 aromatic heterocycles. The average molecular weight is 289 g/mol. The van der Waals surface area contributed by atoms with Crippen molar-refractivity contribution in [3.05, 3.63) is 39.8 Å². The number of hydrogen-bond acceptors (Lipinski definition) is 3. The highest BCUT2D eigenvalue weighted by atomic mass is 16.8. The van der Waals surface area contributed by atoms with Gasteiger partial charge in [-0.25, -0.2) is 4.84 Å². The maximum atomic E-state index is 11.7. The van der Waals surface area contributed by atoms with Gasteiger partial charge in [-0.3, -0.25) is 0 Å². The van der Waals surface area contributed by atoms with Crippen molar-refractivity contribution >= 4 is 11.4 Å². The minimum absolute atomic E-state index is 0.550. The molecule has 1 aliphatic heterocycles. The Morgan fingerprint density at radius 3 is 2.33 bits per heavy atom. The van der Waals surface area contributed by atoms with Crippen molar-refractivity contribution in [2.24, 2.45) is 0 Å². The third-order valence-electron chi connectivity index (χ3n) is 3.99. The Morgan fingerprint density at radius 1 is 1.29 bits per heavy atom. The summed E-state index contributed by atoms with van der Waals surface area (Å²) < 4.78 is 0. The molecule has 0 N–H and O–H groups in total. The smallest absolute Gasteiger partial charge is 0.317 e. The van der Waals surface area contributed by atoms with Gasteiger partial charge in [-0.2, -0.15) is 0 Å². The molecule has 1 heterocycles. The summed E-state index contributed by atoms with van der Waals surface area (Å²) in [6.45, 7) is 8.54. The summed E-state index contributed by atoms with van der Waals surface area (Å²) in [4.78, 5) is 19.4. The van der Waals surface area contributed by atoms with Crippen LogP contribution in [-0.4, -0.2) is 30.0 Å². The van der Waals surface area contributed by atoms with Crippen molar-refractivity contribution in [3.8, 4) is 0 Å². The largest absolute Gasteiger partial charge is 0.371 e. The van der Waals surface area contributed by atoms with Gasteiger partial charge in [0.2, 0.25) is 0 Å². The van der Waals surface area contributed by atoms with Crippen molar-refractivity contribution < 1.29 is 9.76 Å². The first-order valence-corrected chi connectivity index (χ1v) is 7.66. The van der Waals surface area contributed by atoms with Gasteiger partial charge in [-0.05, 0) is 44.2 Å². The summed E-state index contributed by atoms with van der Waals surface area (Å²) >= 11 is 0. The Hall–Kier alpha value is -1.84. The summed E-state index contributed by atoms with van der Waals surface area (Å²) in [5.74, 6) is 0. The molecule has 1 aromatic rings. The number of allylic oxidation sites excluding steroid dienone is 1. The quantitative estimate of drug-likeness (QED) is 0.764. The van der Waals surface area contributed by atoms with Crippen LogP contribution in [-0.2, 0) is 4.84 Å². The van der Waals surface area contributed by atoms with Crippen LogP contribution < -0.4 is 0 Å². The minimum atomic E-state index is 0.550. The molecule has 0 amide bonds. The number of likely N-dealkylation sites (tertiary alicyclic amines) is 1. The summed E-state index contributed by atoms with van der Waals surface area (Å²) in [7, 11) is 1.39. The van der Waals surface area contributed by atoms with E-state index >= 15 is 0 Å². The van der Waals surface area contributed by atoms with Crippen LogP contribution in [0.3, 0.4) is 0 Å². The predicted molar refractivity (Wildman–Crippen MR) is 85.3 cm³/mol.